The fourth-order valence-electron chi connectivity index (χ4n) is 0.873. The van der Waals surface area contributed by atoms with Crippen LogP contribution >= 0.6 is 0 Å². The lowest BCUT2D eigenvalue weighted by molar-refractivity contribution is 0.116. The Labute approximate surface area is 70.8 Å². The summed E-state index contributed by atoms with van der Waals surface area (Å²) in [5, 5.41) is 5.89. The monoisotopic (exact) mass is 174 g/mol. The first-order valence-corrected chi connectivity index (χ1v) is 3.70. The number of nitrogens with one attached hydrogen (secondary N) is 2. The van der Waals surface area contributed by atoms with Gasteiger partial charge in [0.2, 0.25) is 0 Å². The van der Waals surface area contributed by atoms with Gasteiger partial charge in [-0.2, -0.15) is 0 Å². The Bertz CT molecular complexity index is 171. The molecule has 0 fully saturated rings. The van der Waals surface area contributed by atoms with E-state index in [1.807, 2.05) is 0 Å². The summed E-state index contributed by atoms with van der Waals surface area (Å²) in [7, 11) is 0. The van der Waals surface area contributed by atoms with Crippen LogP contribution in [0, 0.1) is 0 Å². The molecule has 6 N–H and O–H groups in total. The average molecular weight is 174 g/mol. The van der Waals surface area contributed by atoms with Gasteiger partial charge in [-0.3, -0.25) is 0 Å². The summed E-state index contributed by atoms with van der Waals surface area (Å²) in [5.41, 5.74) is 6.46. The molecule has 0 aromatic heterocycles. The Morgan fingerprint density at radius 3 is 3.17 bits per heavy atom. The van der Waals surface area contributed by atoms with Gasteiger partial charge in [0.05, 0.1) is 18.9 Å². The highest BCUT2D eigenvalue weighted by Crippen LogP contribution is 1.97. The van der Waals surface area contributed by atoms with Gasteiger partial charge in [-0.25, -0.2) is 5.90 Å². The molecule has 1 aliphatic heterocycles. The molecule has 0 aromatic rings. The summed E-state index contributed by atoms with van der Waals surface area (Å²) in [5.74, 6) is 5.47. The van der Waals surface area contributed by atoms with Crippen LogP contribution in [0.15, 0.2) is 11.5 Å². The molecule has 1 aliphatic rings. The first kappa shape index (κ1) is 9.11. The van der Waals surface area contributed by atoms with Gasteiger partial charge in [-0.05, 0) is 0 Å². The summed E-state index contributed by atoms with van der Waals surface area (Å²) in [6, 6.07) is 0. The third-order valence-electron chi connectivity index (χ3n) is 1.49. The van der Waals surface area contributed by atoms with E-state index in [0.29, 0.717) is 32.3 Å². The summed E-state index contributed by atoms with van der Waals surface area (Å²) in [4.78, 5) is 4.38. The SMILES string of the molecule is NOCCNC1=C(N)NCOC1. The van der Waals surface area contributed by atoms with Gasteiger partial charge in [0.15, 0.2) is 0 Å². The first-order chi connectivity index (χ1) is 5.84. The minimum Gasteiger partial charge on any atom is -0.384 e. The van der Waals surface area contributed by atoms with E-state index >= 15 is 0 Å². The molecule has 0 aromatic carbocycles. The third-order valence-corrected chi connectivity index (χ3v) is 1.49. The van der Waals surface area contributed by atoms with Gasteiger partial charge >= 0.3 is 0 Å². The molecule has 0 saturated heterocycles. The standard InChI is InChI=1S/C6H14N4O2/c7-6-5(3-11-4-10-6)9-1-2-12-8/h9-10H,1-4,7-8H2. The molecule has 1 heterocycles. The van der Waals surface area contributed by atoms with Crippen LogP contribution in [-0.2, 0) is 9.57 Å². The van der Waals surface area contributed by atoms with Crippen LogP contribution in [0.1, 0.15) is 0 Å². The zero-order chi connectivity index (χ0) is 8.81. The topological polar surface area (TPSA) is 94.6 Å². The summed E-state index contributed by atoms with van der Waals surface area (Å²) in [6.45, 7) is 2.03. The predicted octanol–water partition coefficient (Wildman–Crippen LogP) is -1.83. The van der Waals surface area contributed by atoms with Crippen molar-refractivity contribution in [2.24, 2.45) is 11.6 Å². The highest BCUT2D eigenvalue weighted by molar-refractivity contribution is 5.09. The largest absolute Gasteiger partial charge is 0.384 e. The van der Waals surface area contributed by atoms with Gasteiger partial charge < -0.3 is 25.9 Å². The first-order valence-electron chi connectivity index (χ1n) is 3.70. The van der Waals surface area contributed by atoms with Gasteiger partial charge in [-0.1, -0.05) is 0 Å². The normalized spacial score (nSPS) is 17.4. The molecule has 1 rings (SSSR count). The zero-order valence-corrected chi connectivity index (χ0v) is 6.80. The van der Waals surface area contributed by atoms with Gasteiger partial charge in [0.25, 0.3) is 0 Å². The molecule has 6 nitrogen and oxygen atoms in total. The van der Waals surface area contributed by atoms with Gasteiger partial charge in [-0.15, -0.1) is 0 Å². The minimum absolute atomic E-state index is 0.441. The Morgan fingerprint density at radius 1 is 1.67 bits per heavy atom. The third kappa shape index (κ3) is 2.57. The van der Waals surface area contributed by atoms with Crippen molar-refractivity contribution in [2.75, 3.05) is 26.5 Å². The van der Waals surface area contributed by atoms with Crippen molar-refractivity contribution < 1.29 is 9.57 Å². The van der Waals surface area contributed by atoms with Crippen molar-refractivity contribution in [3.05, 3.63) is 11.5 Å². The van der Waals surface area contributed by atoms with E-state index in [4.69, 9.17) is 16.4 Å². The molecule has 0 saturated carbocycles. The summed E-state index contributed by atoms with van der Waals surface area (Å²) >= 11 is 0. The fraction of sp³-hybridized carbons (Fsp3) is 0.667. The van der Waals surface area contributed by atoms with E-state index in [1.165, 1.54) is 0 Å². The van der Waals surface area contributed by atoms with Crippen LogP contribution in [0.5, 0.6) is 0 Å². The number of rotatable bonds is 4. The van der Waals surface area contributed by atoms with Crippen molar-refractivity contribution in [1.82, 2.24) is 10.6 Å². The zero-order valence-electron chi connectivity index (χ0n) is 6.80. The predicted molar refractivity (Wildman–Crippen MR) is 43.3 cm³/mol. The fourth-order valence-corrected chi connectivity index (χ4v) is 0.873. The number of ether oxygens (including phenoxy) is 1. The molecule has 0 unspecified atom stereocenters. The van der Waals surface area contributed by atoms with Crippen molar-refractivity contribution in [1.29, 1.82) is 0 Å². The maximum Gasteiger partial charge on any atom is 0.120 e. The van der Waals surface area contributed by atoms with E-state index in [2.05, 4.69) is 15.5 Å². The Morgan fingerprint density at radius 2 is 2.50 bits per heavy atom. The minimum atomic E-state index is 0.441. The molecule has 6 heteroatoms. The quantitative estimate of drug-likeness (QED) is 0.296. The smallest absolute Gasteiger partial charge is 0.120 e. The number of hydrogen-bond donors (Lipinski definition) is 4. The van der Waals surface area contributed by atoms with Crippen LogP contribution in [0.25, 0.3) is 0 Å². The highest BCUT2D eigenvalue weighted by Gasteiger charge is 2.07. The lowest BCUT2D eigenvalue weighted by Crippen LogP contribution is -2.37. The second-order valence-electron chi connectivity index (χ2n) is 2.36. The van der Waals surface area contributed by atoms with Crippen molar-refractivity contribution >= 4 is 0 Å². The molecule has 0 amide bonds. The van der Waals surface area contributed by atoms with E-state index in [9.17, 15) is 0 Å². The maximum atomic E-state index is 5.62. The van der Waals surface area contributed by atoms with E-state index in [0.717, 1.165) is 5.70 Å². The summed E-state index contributed by atoms with van der Waals surface area (Å²) in [6.07, 6.45) is 0. The molecule has 0 aliphatic carbocycles. The van der Waals surface area contributed by atoms with Gasteiger partial charge in [0.1, 0.15) is 12.6 Å². The average Bonchev–Trinajstić information content (AvgIpc) is 2.09. The van der Waals surface area contributed by atoms with E-state index < -0.39 is 0 Å². The maximum absolute atomic E-state index is 5.62. The van der Waals surface area contributed by atoms with E-state index in [-0.39, 0.29) is 0 Å². The lowest BCUT2D eigenvalue weighted by Gasteiger charge is -2.20. The van der Waals surface area contributed by atoms with Crippen molar-refractivity contribution in [3.8, 4) is 0 Å². The molecular formula is C6H14N4O2. The Hall–Kier alpha value is -0.980. The van der Waals surface area contributed by atoms with E-state index in [1.54, 1.807) is 0 Å². The second kappa shape index (κ2) is 4.81. The van der Waals surface area contributed by atoms with Crippen LogP contribution in [-0.4, -0.2) is 26.5 Å². The second-order valence-corrected chi connectivity index (χ2v) is 2.36. The van der Waals surface area contributed by atoms with Crippen LogP contribution in [0.3, 0.4) is 0 Å². The van der Waals surface area contributed by atoms with Gasteiger partial charge in [0, 0.05) is 6.54 Å². The molecule has 0 atom stereocenters. The Kier molecular flexibility index (Phi) is 3.65. The molecule has 12 heavy (non-hydrogen) atoms. The van der Waals surface area contributed by atoms with Crippen molar-refractivity contribution in [2.45, 2.75) is 0 Å². The van der Waals surface area contributed by atoms with Crippen LogP contribution in [0.4, 0.5) is 0 Å². The Balaban J connectivity index is 2.28. The molecule has 0 bridgehead atoms. The molecular weight excluding hydrogens is 160 g/mol. The number of nitrogens with two attached hydrogens (primary N) is 2. The van der Waals surface area contributed by atoms with Crippen LogP contribution in [0.2, 0.25) is 0 Å². The van der Waals surface area contributed by atoms with Crippen molar-refractivity contribution in [3.63, 3.8) is 0 Å². The number of hydrogen-bond acceptors (Lipinski definition) is 6. The lowest BCUT2D eigenvalue weighted by atomic mass is 10.4. The highest BCUT2D eigenvalue weighted by atomic mass is 16.6. The summed E-state index contributed by atoms with van der Waals surface area (Å²) < 4.78 is 5.10. The van der Waals surface area contributed by atoms with Crippen LogP contribution < -0.4 is 22.3 Å². The molecule has 70 valence electrons. The molecule has 0 spiro atoms. The molecule has 0 radical (unpaired) electrons.